The maximum absolute atomic E-state index is 13.7. The van der Waals surface area contributed by atoms with Gasteiger partial charge in [-0.3, -0.25) is 0 Å². The van der Waals surface area contributed by atoms with Gasteiger partial charge in [-0.05, 0) is 41.2 Å². The van der Waals surface area contributed by atoms with Gasteiger partial charge in [-0.2, -0.15) is 0 Å². The van der Waals surface area contributed by atoms with E-state index in [1.807, 2.05) is 12.1 Å². The number of benzene rings is 1. The second kappa shape index (κ2) is 5.91. The third-order valence-corrected chi connectivity index (χ3v) is 4.39. The topological polar surface area (TPSA) is 12.0 Å². The van der Waals surface area contributed by atoms with E-state index < -0.39 is 11.6 Å². The van der Waals surface area contributed by atoms with Crippen LogP contribution in [0.2, 0.25) is 0 Å². The number of halogens is 3. The van der Waals surface area contributed by atoms with Crippen molar-refractivity contribution in [1.29, 1.82) is 0 Å². The monoisotopic (exact) mass is 331 g/mol. The van der Waals surface area contributed by atoms with Crippen molar-refractivity contribution in [1.82, 2.24) is 5.32 Å². The Morgan fingerprint density at radius 3 is 2.67 bits per heavy atom. The molecule has 0 saturated heterocycles. The van der Waals surface area contributed by atoms with Crippen LogP contribution in [0.3, 0.4) is 0 Å². The summed E-state index contributed by atoms with van der Waals surface area (Å²) in [5.74, 6) is -1.58. The summed E-state index contributed by atoms with van der Waals surface area (Å²) in [6.07, 6.45) is 0.632. The lowest BCUT2D eigenvalue weighted by Crippen LogP contribution is -2.20. The third-order valence-electron chi connectivity index (χ3n) is 2.74. The molecule has 1 N–H and O–H groups in total. The van der Waals surface area contributed by atoms with Crippen LogP contribution in [0.4, 0.5) is 8.78 Å². The van der Waals surface area contributed by atoms with Crippen LogP contribution in [-0.4, -0.2) is 7.05 Å². The van der Waals surface area contributed by atoms with Crippen LogP contribution >= 0.6 is 27.3 Å². The minimum atomic E-state index is -0.805. The van der Waals surface area contributed by atoms with Crippen LogP contribution in [-0.2, 0) is 6.42 Å². The van der Waals surface area contributed by atoms with Crippen molar-refractivity contribution in [2.45, 2.75) is 12.5 Å². The predicted molar refractivity (Wildman–Crippen MR) is 73.9 cm³/mol. The fraction of sp³-hybridized carbons (Fsp3) is 0.231. The van der Waals surface area contributed by atoms with Crippen molar-refractivity contribution >= 4 is 27.3 Å². The van der Waals surface area contributed by atoms with Crippen LogP contribution in [0, 0.1) is 11.6 Å². The minimum Gasteiger partial charge on any atom is -0.313 e. The van der Waals surface area contributed by atoms with Crippen LogP contribution in [0.5, 0.6) is 0 Å². The molecule has 1 heterocycles. The van der Waals surface area contributed by atoms with Gasteiger partial charge < -0.3 is 5.32 Å². The molecule has 0 aliphatic carbocycles. The largest absolute Gasteiger partial charge is 0.313 e. The van der Waals surface area contributed by atoms with E-state index in [1.165, 1.54) is 6.07 Å². The molecule has 1 unspecified atom stereocenters. The average Bonchev–Trinajstić information content (AvgIpc) is 2.76. The lowest BCUT2D eigenvalue weighted by molar-refractivity contribution is 0.474. The van der Waals surface area contributed by atoms with Gasteiger partial charge in [0, 0.05) is 22.9 Å². The van der Waals surface area contributed by atoms with E-state index in [2.05, 4.69) is 21.2 Å². The van der Waals surface area contributed by atoms with Gasteiger partial charge in [-0.25, -0.2) is 8.78 Å². The molecule has 0 aliphatic heterocycles. The molecular weight excluding hydrogens is 320 g/mol. The highest BCUT2D eigenvalue weighted by atomic mass is 79.9. The molecule has 0 bridgehead atoms. The van der Waals surface area contributed by atoms with Crippen LogP contribution in [0.15, 0.2) is 34.1 Å². The SMILES string of the molecule is CNC(Cc1ccc(Br)s1)c1cccc(F)c1F. The van der Waals surface area contributed by atoms with E-state index in [9.17, 15) is 8.78 Å². The van der Waals surface area contributed by atoms with Crippen molar-refractivity contribution in [2.75, 3.05) is 7.05 Å². The number of hydrogen-bond donors (Lipinski definition) is 1. The second-order valence-electron chi connectivity index (χ2n) is 3.89. The number of nitrogens with one attached hydrogen (secondary N) is 1. The number of thiophene rings is 1. The highest BCUT2D eigenvalue weighted by Gasteiger charge is 2.17. The van der Waals surface area contributed by atoms with Crippen molar-refractivity contribution in [3.05, 3.63) is 56.2 Å². The molecule has 1 atom stereocenters. The normalized spacial score (nSPS) is 12.7. The number of hydrogen-bond acceptors (Lipinski definition) is 2. The van der Waals surface area contributed by atoms with Gasteiger partial charge in [-0.1, -0.05) is 12.1 Å². The highest BCUT2D eigenvalue weighted by molar-refractivity contribution is 9.11. The molecular formula is C13H12BrF2NS. The molecule has 2 rings (SSSR count). The Morgan fingerprint density at radius 1 is 1.28 bits per heavy atom. The Balaban J connectivity index is 2.25. The minimum absolute atomic E-state index is 0.230. The zero-order chi connectivity index (χ0) is 13.1. The van der Waals surface area contributed by atoms with Gasteiger partial charge in [-0.15, -0.1) is 11.3 Å². The maximum Gasteiger partial charge on any atom is 0.163 e. The summed E-state index contributed by atoms with van der Waals surface area (Å²) in [6, 6.07) is 7.98. The molecule has 0 aliphatic rings. The molecule has 0 radical (unpaired) electrons. The number of rotatable bonds is 4. The first-order valence-electron chi connectivity index (χ1n) is 5.47. The highest BCUT2D eigenvalue weighted by Crippen LogP contribution is 2.28. The van der Waals surface area contributed by atoms with Gasteiger partial charge >= 0.3 is 0 Å². The molecule has 96 valence electrons. The molecule has 0 saturated carbocycles. The van der Waals surface area contributed by atoms with E-state index in [-0.39, 0.29) is 6.04 Å². The fourth-order valence-electron chi connectivity index (χ4n) is 1.82. The summed E-state index contributed by atoms with van der Waals surface area (Å²) >= 11 is 4.99. The van der Waals surface area contributed by atoms with Gasteiger partial charge in [0.2, 0.25) is 0 Å². The molecule has 1 nitrogen and oxygen atoms in total. The first kappa shape index (κ1) is 13.6. The summed E-state index contributed by atoms with van der Waals surface area (Å²) in [5, 5.41) is 3.03. The second-order valence-corrected chi connectivity index (χ2v) is 6.44. The van der Waals surface area contributed by atoms with Crippen LogP contribution in [0.25, 0.3) is 0 Å². The lowest BCUT2D eigenvalue weighted by atomic mass is 10.0. The smallest absolute Gasteiger partial charge is 0.163 e. The Kier molecular flexibility index (Phi) is 4.48. The maximum atomic E-state index is 13.7. The molecule has 0 spiro atoms. The van der Waals surface area contributed by atoms with E-state index in [0.717, 1.165) is 14.7 Å². The summed E-state index contributed by atoms with van der Waals surface area (Å²) in [4.78, 5) is 1.12. The van der Waals surface area contributed by atoms with Gasteiger partial charge in [0.15, 0.2) is 11.6 Å². The Bertz CT molecular complexity index is 542. The molecule has 0 amide bonds. The molecule has 5 heteroatoms. The first-order valence-corrected chi connectivity index (χ1v) is 7.08. The first-order chi connectivity index (χ1) is 8.61. The van der Waals surface area contributed by atoms with Crippen molar-refractivity contribution in [2.24, 2.45) is 0 Å². The van der Waals surface area contributed by atoms with E-state index in [0.29, 0.717) is 12.0 Å². The standard InChI is InChI=1S/C13H12BrF2NS/c1-17-11(7-8-5-6-12(14)18-8)9-3-2-4-10(15)13(9)16/h2-6,11,17H,7H2,1H3. The summed E-state index contributed by atoms with van der Waals surface area (Å²) in [7, 11) is 1.75. The Morgan fingerprint density at radius 2 is 2.06 bits per heavy atom. The van der Waals surface area contributed by atoms with E-state index in [4.69, 9.17) is 0 Å². The van der Waals surface area contributed by atoms with Crippen molar-refractivity contribution in [3.8, 4) is 0 Å². The Labute approximate surface area is 117 Å². The Hall–Kier alpha value is -0.780. The van der Waals surface area contributed by atoms with E-state index in [1.54, 1.807) is 24.5 Å². The number of likely N-dealkylation sites (N-methyl/N-ethyl adjacent to an activating group) is 1. The molecule has 1 aromatic heterocycles. The fourth-order valence-corrected chi connectivity index (χ4v) is 3.35. The third kappa shape index (κ3) is 2.96. The lowest BCUT2D eigenvalue weighted by Gasteiger charge is -2.16. The molecule has 18 heavy (non-hydrogen) atoms. The summed E-state index contributed by atoms with van der Waals surface area (Å²) < 4.78 is 28.0. The van der Waals surface area contributed by atoms with E-state index >= 15 is 0 Å². The van der Waals surface area contributed by atoms with Gasteiger partial charge in [0.1, 0.15) is 0 Å². The molecule has 0 fully saturated rings. The van der Waals surface area contributed by atoms with Crippen molar-refractivity contribution < 1.29 is 8.78 Å². The molecule has 1 aromatic carbocycles. The van der Waals surface area contributed by atoms with Crippen LogP contribution < -0.4 is 5.32 Å². The van der Waals surface area contributed by atoms with Crippen LogP contribution in [0.1, 0.15) is 16.5 Å². The summed E-state index contributed by atoms with van der Waals surface area (Å²) in [6.45, 7) is 0. The van der Waals surface area contributed by atoms with Gasteiger partial charge in [0.25, 0.3) is 0 Å². The predicted octanol–water partition coefficient (Wildman–Crippen LogP) is 4.29. The zero-order valence-corrected chi connectivity index (χ0v) is 12.1. The zero-order valence-electron chi connectivity index (χ0n) is 9.71. The average molecular weight is 332 g/mol. The summed E-state index contributed by atoms with van der Waals surface area (Å²) in [5.41, 5.74) is 0.363. The quantitative estimate of drug-likeness (QED) is 0.881. The van der Waals surface area contributed by atoms with Crippen molar-refractivity contribution in [3.63, 3.8) is 0 Å². The molecule has 2 aromatic rings. The van der Waals surface area contributed by atoms with Gasteiger partial charge in [0.05, 0.1) is 3.79 Å².